The number of ether oxygens (including phenoxy) is 2. The zero-order valence-electron chi connectivity index (χ0n) is 15.9. The number of nitrogens with one attached hydrogen (secondary N) is 1. The van der Waals surface area contributed by atoms with Gasteiger partial charge in [0.25, 0.3) is 0 Å². The molecule has 0 amide bonds. The number of hydrogen-bond donors (Lipinski definition) is 1. The van der Waals surface area contributed by atoms with Crippen LogP contribution in [-0.2, 0) is 0 Å². The van der Waals surface area contributed by atoms with Crippen LogP contribution in [0.4, 0.5) is 5.69 Å². The summed E-state index contributed by atoms with van der Waals surface area (Å²) in [4.78, 5) is 6.55. The molecule has 3 heterocycles. The van der Waals surface area contributed by atoms with Gasteiger partial charge in [0.05, 0.1) is 31.6 Å². The third-order valence-electron chi connectivity index (χ3n) is 4.80. The Bertz CT molecular complexity index is 990. The molecular weight excluding hydrogens is 374 g/mol. The molecule has 0 bridgehead atoms. The van der Waals surface area contributed by atoms with Gasteiger partial charge in [-0.1, -0.05) is 6.07 Å². The van der Waals surface area contributed by atoms with Gasteiger partial charge in [0.2, 0.25) is 0 Å². The number of methoxy groups -OCH3 is 2. The zero-order valence-corrected chi connectivity index (χ0v) is 16.7. The van der Waals surface area contributed by atoms with Crippen molar-refractivity contribution in [3.8, 4) is 11.5 Å². The van der Waals surface area contributed by atoms with E-state index in [4.69, 9.17) is 26.1 Å². The molecule has 1 aromatic carbocycles. The fraction of sp³-hybridized carbons (Fsp3) is 0.238. The monoisotopic (exact) mass is 395 g/mol. The second-order valence-electron chi connectivity index (χ2n) is 6.48. The first-order chi connectivity index (χ1) is 13.6. The fourth-order valence-corrected chi connectivity index (χ4v) is 3.84. The molecule has 0 spiro atoms. The average Bonchev–Trinajstić information content (AvgIpc) is 3.30. The molecular formula is C21H21N3O3S. The number of nitrogens with zero attached hydrogens (tertiary/aromatic N) is 2. The molecule has 6 nitrogen and oxygen atoms in total. The van der Waals surface area contributed by atoms with Crippen molar-refractivity contribution in [3.63, 3.8) is 0 Å². The van der Waals surface area contributed by atoms with E-state index in [-0.39, 0.29) is 12.1 Å². The van der Waals surface area contributed by atoms with Crippen molar-refractivity contribution in [3.05, 3.63) is 71.9 Å². The highest BCUT2D eigenvalue weighted by molar-refractivity contribution is 7.80. The molecule has 1 saturated heterocycles. The van der Waals surface area contributed by atoms with E-state index in [0.29, 0.717) is 16.6 Å². The van der Waals surface area contributed by atoms with Crippen molar-refractivity contribution in [1.82, 2.24) is 10.3 Å². The molecule has 1 aliphatic rings. The largest absolute Gasteiger partial charge is 0.497 e. The standard InChI is InChI=1S/C21H21N3O3S/c1-13-7-10-17(27-13)20-19(15-6-4-5-11-22-15)23-21(28)24(20)16-9-8-14(25-2)12-18(16)26-3/h4-12,19-20H,1-3H3,(H,23,28)/t19-,20+/m0/s1. The van der Waals surface area contributed by atoms with Gasteiger partial charge in [-0.05, 0) is 55.5 Å². The minimum atomic E-state index is -0.210. The Balaban J connectivity index is 1.84. The molecule has 1 N–H and O–H groups in total. The van der Waals surface area contributed by atoms with Crippen molar-refractivity contribution >= 4 is 23.0 Å². The van der Waals surface area contributed by atoms with Crippen molar-refractivity contribution < 1.29 is 13.9 Å². The highest BCUT2D eigenvalue weighted by Crippen LogP contribution is 2.45. The van der Waals surface area contributed by atoms with E-state index in [2.05, 4.69) is 10.3 Å². The van der Waals surface area contributed by atoms with E-state index in [1.165, 1.54) is 0 Å². The lowest BCUT2D eigenvalue weighted by Gasteiger charge is -2.27. The minimum absolute atomic E-state index is 0.161. The second kappa shape index (κ2) is 7.52. The van der Waals surface area contributed by atoms with E-state index in [9.17, 15) is 0 Å². The summed E-state index contributed by atoms with van der Waals surface area (Å²) in [5.74, 6) is 3.02. The van der Waals surface area contributed by atoms with Crippen LogP contribution in [-0.4, -0.2) is 24.3 Å². The molecule has 1 fully saturated rings. The maximum Gasteiger partial charge on any atom is 0.174 e. The van der Waals surface area contributed by atoms with Crippen molar-refractivity contribution in [1.29, 1.82) is 0 Å². The number of pyridine rings is 1. The third-order valence-corrected chi connectivity index (χ3v) is 5.11. The summed E-state index contributed by atoms with van der Waals surface area (Å²) in [6.45, 7) is 1.93. The lowest BCUT2D eigenvalue weighted by Crippen LogP contribution is -2.29. The van der Waals surface area contributed by atoms with Crippen LogP contribution in [0.2, 0.25) is 0 Å². The van der Waals surface area contributed by atoms with Gasteiger partial charge >= 0.3 is 0 Å². The Morgan fingerprint density at radius 2 is 1.96 bits per heavy atom. The molecule has 1 aliphatic heterocycles. The number of thiocarbonyl (C=S) groups is 1. The van der Waals surface area contributed by atoms with E-state index < -0.39 is 0 Å². The Hall–Kier alpha value is -3.06. The lowest BCUT2D eigenvalue weighted by atomic mass is 10.0. The smallest absolute Gasteiger partial charge is 0.174 e. The molecule has 4 rings (SSSR count). The van der Waals surface area contributed by atoms with Gasteiger partial charge < -0.3 is 24.1 Å². The van der Waals surface area contributed by atoms with Gasteiger partial charge in [0, 0.05) is 12.3 Å². The van der Waals surface area contributed by atoms with Gasteiger partial charge in [0.1, 0.15) is 29.1 Å². The number of hydrogen-bond acceptors (Lipinski definition) is 5. The second-order valence-corrected chi connectivity index (χ2v) is 6.87. The van der Waals surface area contributed by atoms with Gasteiger partial charge in [-0.3, -0.25) is 4.98 Å². The van der Waals surface area contributed by atoms with Crippen LogP contribution in [0.25, 0.3) is 0 Å². The van der Waals surface area contributed by atoms with Crippen LogP contribution in [0.15, 0.2) is 59.1 Å². The van der Waals surface area contributed by atoms with E-state index in [1.54, 1.807) is 20.4 Å². The number of anilines is 1. The average molecular weight is 395 g/mol. The summed E-state index contributed by atoms with van der Waals surface area (Å²) in [7, 11) is 3.26. The Morgan fingerprint density at radius 1 is 1.11 bits per heavy atom. The zero-order chi connectivity index (χ0) is 19.7. The topological polar surface area (TPSA) is 59.8 Å². The number of rotatable bonds is 5. The van der Waals surface area contributed by atoms with Gasteiger partial charge in [-0.25, -0.2) is 0 Å². The Morgan fingerprint density at radius 3 is 2.61 bits per heavy atom. The van der Waals surface area contributed by atoms with Crippen molar-refractivity contribution in [2.75, 3.05) is 19.1 Å². The van der Waals surface area contributed by atoms with Crippen LogP contribution in [0.1, 0.15) is 29.3 Å². The van der Waals surface area contributed by atoms with E-state index >= 15 is 0 Å². The lowest BCUT2D eigenvalue weighted by molar-refractivity contribution is 0.391. The van der Waals surface area contributed by atoms with Crippen molar-refractivity contribution in [2.45, 2.75) is 19.0 Å². The maximum atomic E-state index is 6.00. The molecule has 0 aliphatic carbocycles. The summed E-state index contributed by atoms with van der Waals surface area (Å²) in [6, 6.07) is 15.1. The molecule has 144 valence electrons. The molecule has 7 heteroatoms. The van der Waals surface area contributed by atoms with Gasteiger partial charge in [0.15, 0.2) is 5.11 Å². The van der Waals surface area contributed by atoms with Crippen LogP contribution in [0.5, 0.6) is 11.5 Å². The van der Waals surface area contributed by atoms with E-state index in [1.807, 2.05) is 60.4 Å². The van der Waals surface area contributed by atoms with Crippen LogP contribution >= 0.6 is 12.2 Å². The third kappa shape index (κ3) is 3.18. The van der Waals surface area contributed by atoms with Gasteiger partial charge in [-0.2, -0.15) is 0 Å². The first-order valence-corrected chi connectivity index (χ1v) is 9.32. The summed E-state index contributed by atoms with van der Waals surface area (Å²) < 4.78 is 17.0. The Labute approximate surface area is 169 Å². The maximum absolute atomic E-state index is 6.00. The predicted molar refractivity (Wildman–Crippen MR) is 111 cm³/mol. The van der Waals surface area contributed by atoms with Gasteiger partial charge in [-0.15, -0.1) is 0 Å². The highest BCUT2D eigenvalue weighted by atomic mass is 32.1. The molecule has 3 aromatic rings. The van der Waals surface area contributed by atoms with E-state index in [0.717, 1.165) is 22.9 Å². The van der Waals surface area contributed by atoms with Crippen molar-refractivity contribution in [2.24, 2.45) is 0 Å². The normalized spacial score (nSPS) is 18.8. The summed E-state index contributed by atoms with van der Waals surface area (Å²) in [5.41, 5.74) is 1.72. The number of furan rings is 1. The summed E-state index contributed by atoms with van der Waals surface area (Å²) in [5, 5.41) is 3.99. The number of benzene rings is 1. The SMILES string of the molecule is COc1ccc(N2C(=S)N[C@@H](c3ccccn3)[C@H]2c2ccc(C)o2)c(OC)c1. The van der Waals surface area contributed by atoms with Crippen LogP contribution in [0.3, 0.4) is 0 Å². The first-order valence-electron chi connectivity index (χ1n) is 8.91. The highest BCUT2D eigenvalue weighted by Gasteiger charge is 2.43. The molecule has 0 unspecified atom stereocenters. The predicted octanol–water partition coefficient (Wildman–Crippen LogP) is 4.18. The quantitative estimate of drug-likeness (QED) is 0.651. The van der Waals surface area contributed by atoms with Crippen LogP contribution in [0, 0.1) is 6.92 Å². The number of aryl methyl sites for hydroxylation is 1. The molecule has 0 saturated carbocycles. The molecule has 0 radical (unpaired) electrons. The minimum Gasteiger partial charge on any atom is -0.497 e. The van der Waals surface area contributed by atoms with Crippen LogP contribution < -0.4 is 19.7 Å². The first kappa shape index (κ1) is 18.3. The number of aromatic nitrogens is 1. The summed E-state index contributed by atoms with van der Waals surface area (Å²) in [6.07, 6.45) is 1.78. The molecule has 2 atom stereocenters. The summed E-state index contributed by atoms with van der Waals surface area (Å²) >= 11 is 5.71. The molecule has 2 aromatic heterocycles. The Kier molecular flexibility index (Phi) is 4.92. The fourth-order valence-electron chi connectivity index (χ4n) is 3.50. The molecule has 28 heavy (non-hydrogen) atoms.